The highest BCUT2D eigenvalue weighted by atomic mass is 16.3. The second-order valence-electron chi connectivity index (χ2n) is 6.27. The minimum Gasteiger partial charge on any atom is -0.391 e. The number of rotatable bonds is 3. The van der Waals surface area contributed by atoms with Crippen LogP contribution in [0.2, 0.25) is 0 Å². The van der Waals surface area contributed by atoms with E-state index in [1.807, 2.05) is 18.2 Å². The number of carbonyl (C=O) groups is 1. The van der Waals surface area contributed by atoms with Crippen LogP contribution in [-0.4, -0.2) is 46.3 Å². The van der Waals surface area contributed by atoms with E-state index in [0.29, 0.717) is 24.6 Å². The van der Waals surface area contributed by atoms with Crippen LogP contribution in [0.1, 0.15) is 32.0 Å². The average molecular weight is 317 g/mol. The van der Waals surface area contributed by atoms with Gasteiger partial charge in [-0.2, -0.15) is 0 Å². The fraction of sp³-hybridized carbons (Fsp3) is 0.500. The number of fused-ring (bicyclic) bond motifs is 1. The molecule has 2 atom stereocenters. The molecule has 3 rings (SSSR count). The van der Waals surface area contributed by atoms with E-state index in [-0.39, 0.29) is 12.1 Å². The number of benzene rings is 1. The van der Waals surface area contributed by atoms with Crippen LogP contribution >= 0.6 is 0 Å². The highest BCUT2D eigenvalue weighted by molar-refractivity contribution is 5.92. The molecule has 0 saturated carbocycles. The number of aliphatic hydroxyl groups excluding tert-OH is 1. The lowest BCUT2D eigenvalue weighted by atomic mass is 10.0. The number of hydrogen-bond acceptors (Lipinski definition) is 4. The zero-order valence-corrected chi connectivity index (χ0v) is 13.4. The van der Waals surface area contributed by atoms with Gasteiger partial charge in [0, 0.05) is 18.2 Å². The number of aromatic amines is 1. The number of piperidine rings is 1. The molecule has 7 heteroatoms. The summed E-state index contributed by atoms with van der Waals surface area (Å²) in [5.74, 6) is 1.25. The smallest absolute Gasteiger partial charge is 0.319 e. The molecule has 0 spiro atoms. The van der Waals surface area contributed by atoms with Gasteiger partial charge >= 0.3 is 6.03 Å². The molecule has 0 aliphatic carbocycles. The number of H-pyrrole nitrogens is 1. The van der Waals surface area contributed by atoms with Crippen molar-refractivity contribution in [3.8, 4) is 0 Å². The topological polar surface area (TPSA) is 102 Å². The molecule has 1 aromatic carbocycles. The third-order valence-electron chi connectivity index (χ3n) is 4.07. The second-order valence-corrected chi connectivity index (χ2v) is 6.27. The molecule has 0 radical (unpaired) electrons. The first-order chi connectivity index (χ1) is 11.0. The summed E-state index contributed by atoms with van der Waals surface area (Å²) in [6.07, 6.45) is 0.133. The van der Waals surface area contributed by atoms with E-state index in [0.717, 1.165) is 23.4 Å². The van der Waals surface area contributed by atoms with Gasteiger partial charge in [-0.25, -0.2) is 9.78 Å². The SMILES string of the molecule is CC(C)c1nc2ccc(NC(=O)N[C@@H]3CNCC[C@H]3O)cc2[nH]1. The van der Waals surface area contributed by atoms with Crippen LogP contribution in [0.3, 0.4) is 0 Å². The molecule has 1 aromatic heterocycles. The summed E-state index contributed by atoms with van der Waals surface area (Å²) in [6, 6.07) is 4.98. The van der Waals surface area contributed by atoms with Crippen molar-refractivity contribution in [2.24, 2.45) is 0 Å². The van der Waals surface area contributed by atoms with Crippen molar-refractivity contribution in [3.63, 3.8) is 0 Å². The van der Waals surface area contributed by atoms with E-state index in [1.165, 1.54) is 0 Å². The normalized spacial score (nSPS) is 21.6. The number of nitrogens with one attached hydrogen (secondary N) is 4. The zero-order chi connectivity index (χ0) is 16.4. The summed E-state index contributed by atoms with van der Waals surface area (Å²) in [7, 11) is 0. The van der Waals surface area contributed by atoms with Crippen LogP contribution in [0.15, 0.2) is 18.2 Å². The Morgan fingerprint density at radius 3 is 3.00 bits per heavy atom. The summed E-state index contributed by atoms with van der Waals surface area (Å²) in [5, 5.41) is 18.6. The third kappa shape index (κ3) is 3.62. The van der Waals surface area contributed by atoms with Crippen LogP contribution < -0.4 is 16.0 Å². The molecule has 124 valence electrons. The number of aliphatic hydroxyl groups is 1. The molecule has 0 bridgehead atoms. The standard InChI is InChI=1S/C16H23N5O2/c1-9(2)15-19-11-4-3-10(7-12(11)20-15)18-16(23)21-13-8-17-6-5-14(13)22/h3-4,7,9,13-14,17,22H,5-6,8H2,1-2H3,(H,19,20)(H2,18,21,23)/t13-,14-/m1/s1. The van der Waals surface area contributed by atoms with Crippen molar-refractivity contribution in [3.05, 3.63) is 24.0 Å². The van der Waals surface area contributed by atoms with E-state index in [1.54, 1.807) is 0 Å². The number of aromatic nitrogens is 2. The number of urea groups is 1. The van der Waals surface area contributed by atoms with Crippen LogP contribution in [0, 0.1) is 0 Å². The molecule has 1 saturated heterocycles. The molecular formula is C16H23N5O2. The molecule has 2 amide bonds. The number of carbonyl (C=O) groups excluding carboxylic acids is 1. The zero-order valence-electron chi connectivity index (χ0n) is 13.4. The minimum atomic E-state index is -0.509. The van der Waals surface area contributed by atoms with Crippen molar-refractivity contribution in [2.45, 2.75) is 38.3 Å². The summed E-state index contributed by atoms with van der Waals surface area (Å²) in [4.78, 5) is 19.9. The van der Waals surface area contributed by atoms with Gasteiger partial charge in [-0.1, -0.05) is 13.8 Å². The van der Waals surface area contributed by atoms with Crippen molar-refractivity contribution in [2.75, 3.05) is 18.4 Å². The lowest BCUT2D eigenvalue weighted by Gasteiger charge is -2.29. The number of nitrogens with zero attached hydrogens (tertiary/aromatic N) is 1. The highest BCUT2D eigenvalue weighted by Crippen LogP contribution is 2.20. The van der Waals surface area contributed by atoms with E-state index in [2.05, 4.69) is 39.8 Å². The predicted molar refractivity (Wildman–Crippen MR) is 89.6 cm³/mol. The monoisotopic (exact) mass is 317 g/mol. The maximum atomic E-state index is 12.1. The largest absolute Gasteiger partial charge is 0.391 e. The maximum absolute atomic E-state index is 12.1. The maximum Gasteiger partial charge on any atom is 0.319 e. The lowest BCUT2D eigenvalue weighted by Crippen LogP contribution is -2.54. The molecule has 1 fully saturated rings. The lowest BCUT2D eigenvalue weighted by molar-refractivity contribution is 0.103. The summed E-state index contributed by atoms with van der Waals surface area (Å²) >= 11 is 0. The second kappa shape index (κ2) is 6.55. The van der Waals surface area contributed by atoms with E-state index in [9.17, 15) is 9.90 Å². The molecule has 0 unspecified atom stereocenters. The summed E-state index contributed by atoms with van der Waals surface area (Å²) < 4.78 is 0. The van der Waals surface area contributed by atoms with Gasteiger partial charge in [0.25, 0.3) is 0 Å². The fourth-order valence-electron chi connectivity index (χ4n) is 2.71. The number of hydrogen-bond donors (Lipinski definition) is 5. The summed E-state index contributed by atoms with van der Waals surface area (Å²) in [6.45, 7) is 5.50. The average Bonchev–Trinajstić information content (AvgIpc) is 2.93. The number of anilines is 1. The van der Waals surface area contributed by atoms with Crippen molar-refractivity contribution in [1.29, 1.82) is 0 Å². The molecule has 23 heavy (non-hydrogen) atoms. The Bertz CT molecular complexity index is 697. The molecule has 2 aromatic rings. The van der Waals surface area contributed by atoms with Crippen molar-refractivity contribution < 1.29 is 9.90 Å². The van der Waals surface area contributed by atoms with Crippen molar-refractivity contribution in [1.82, 2.24) is 20.6 Å². The van der Waals surface area contributed by atoms with Gasteiger partial charge in [0.05, 0.1) is 23.2 Å². The van der Waals surface area contributed by atoms with Gasteiger partial charge in [0.1, 0.15) is 5.82 Å². The Hall–Kier alpha value is -2.12. The molecule has 2 heterocycles. The number of imidazole rings is 1. The van der Waals surface area contributed by atoms with E-state index < -0.39 is 6.10 Å². The van der Waals surface area contributed by atoms with Crippen LogP contribution in [0.25, 0.3) is 11.0 Å². The number of amides is 2. The predicted octanol–water partition coefficient (Wildman–Crippen LogP) is 1.53. The Morgan fingerprint density at radius 2 is 2.26 bits per heavy atom. The van der Waals surface area contributed by atoms with Gasteiger partial charge in [-0.05, 0) is 31.2 Å². The van der Waals surface area contributed by atoms with Gasteiger partial charge < -0.3 is 26.0 Å². The highest BCUT2D eigenvalue weighted by Gasteiger charge is 2.24. The van der Waals surface area contributed by atoms with Crippen LogP contribution in [0.4, 0.5) is 10.5 Å². The van der Waals surface area contributed by atoms with Crippen molar-refractivity contribution >= 4 is 22.8 Å². The van der Waals surface area contributed by atoms with Gasteiger partial charge in [-0.15, -0.1) is 0 Å². The first-order valence-corrected chi connectivity index (χ1v) is 7.99. The molecular weight excluding hydrogens is 294 g/mol. The quantitative estimate of drug-likeness (QED) is 0.592. The van der Waals surface area contributed by atoms with Gasteiger partial charge in [0.2, 0.25) is 0 Å². The first-order valence-electron chi connectivity index (χ1n) is 7.99. The van der Waals surface area contributed by atoms with Gasteiger partial charge in [0.15, 0.2) is 0 Å². The van der Waals surface area contributed by atoms with Crippen LogP contribution in [0.5, 0.6) is 0 Å². The Labute approximate surface area is 134 Å². The molecule has 1 aliphatic heterocycles. The van der Waals surface area contributed by atoms with Gasteiger partial charge in [-0.3, -0.25) is 0 Å². The molecule has 5 N–H and O–H groups in total. The van der Waals surface area contributed by atoms with E-state index >= 15 is 0 Å². The van der Waals surface area contributed by atoms with Crippen LogP contribution in [-0.2, 0) is 0 Å². The fourth-order valence-corrected chi connectivity index (χ4v) is 2.71. The molecule has 1 aliphatic rings. The Kier molecular flexibility index (Phi) is 4.49. The summed E-state index contributed by atoms with van der Waals surface area (Å²) in [5.41, 5.74) is 2.46. The van der Waals surface area contributed by atoms with E-state index in [4.69, 9.17) is 0 Å². The minimum absolute atomic E-state index is 0.271. The Balaban J connectivity index is 1.67. The Morgan fingerprint density at radius 1 is 1.43 bits per heavy atom. The first kappa shape index (κ1) is 15.8. The molecule has 7 nitrogen and oxygen atoms in total. The third-order valence-corrected chi connectivity index (χ3v) is 4.07.